The summed E-state index contributed by atoms with van der Waals surface area (Å²) in [5.74, 6) is 0.0634. The van der Waals surface area contributed by atoms with Gasteiger partial charge < -0.3 is 9.47 Å². The Morgan fingerprint density at radius 3 is 2.64 bits per heavy atom. The summed E-state index contributed by atoms with van der Waals surface area (Å²) >= 11 is 6.26. The summed E-state index contributed by atoms with van der Waals surface area (Å²) in [4.78, 5) is 24.6. The van der Waals surface area contributed by atoms with Crippen LogP contribution in [-0.2, 0) is 16.1 Å². The highest BCUT2D eigenvalue weighted by Crippen LogP contribution is 2.30. The largest absolute Gasteiger partial charge is 0.485 e. The number of hydrogen-bond donors (Lipinski definition) is 2. The average Bonchev–Trinajstić information content (AvgIpc) is 3.09. The molecule has 8 nitrogen and oxygen atoms in total. The number of fused-ring (bicyclic) bond motifs is 1. The highest BCUT2D eigenvalue weighted by Gasteiger charge is 2.27. The van der Waals surface area contributed by atoms with Crippen molar-refractivity contribution in [2.24, 2.45) is 0 Å². The number of aryl methyl sites for hydroxylation is 1. The van der Waals surface area contributed by atoms with Crippen LogP contribution in [0.4, 0.5) is 0 Å². The van der Waals surface area contributed by atoms with Gasteiger partial charge in [0.2, 0.25) is 6.10 Å². The fraction of sp³-hybridized carbons (Fsp3) is 0.208. The lowest BCUT2D eigenvalue weighted by Crippen LogP contribution is -2.50. The van der Waals surface area contributed by atoms with E-state index in [0.29, 0.717) is 23.1 Å². The zero-order valence-electron chi connectivity index (χ0n) is 18.2. The van der Waals surface area contributed by atoms with Gasteiger partial charge >= 0.3 is 0 Å². The molecule has 3 aromatic rings. The Morgan fingerprint density at radius 1 is 1.12 bits per heavy atom. The molecule has 1 aliphatic heterocycles. The van der Waals surface area contributed by atoms with Crippen LogP contribution in [0.3, 0.4) is 0 Å². The zero-order chi connectivity index (χ0) is 23.4. The topological polar surface area (TPSA) is 94.5 Å². The van der Waals surface area contributed by atoms with Gasteiger partial charge in [-0.25, -0.2) is 0 Å². The Hall–Kier alpha value is -3.78. The summed E-state index contributed by atoms with van der Waals surface area (Å²) in [6.45, 7) is 4.37. The summed E-state index contributed by atoms with van der Waals surface area (Å²) in [6.07, 6.45) is 2.14. The van der Waals surface area contributed by atoms with Gasteiger partial charge in [0.15, 0.2) is 11.5 Å². The van der Waals surface area contributed by atoms with E-state index in [1.165, 1.54) is 6.08 Å². The van der Waals surface area contributed by atoms with E-state index in [-0.39, 0.29) is 6.61 Å². The minimum Gasteiger partial charge on any atom is -0.485 e. The van der Waals surface area contributed by atoms with Crippen molar-refractivity contribution in [2.75, 3.05) is 6.61 Å². The lowest BCUT2D eigenvalue weighted by Gasteiger charge is -2.25. The maximum absolute atomic E-state index is 12.3. The first-order valence-electron chi connectivity index (χ1n) is 10.4. The lowest BCUT2D eigenvalue weighted by molar-refractivity contribution is -0.134. The molecule has 2 heterocycles. The van der Waals surface area contributed by atoms with E-state index in [2.05, 4.69) is 16.0 Å². The monoisotopic (exact) mass is 466 g/mol. The number of ether oxygens (including phenoxy) is 2. The summed E-state index contributed by atoms with van der Waals surface area (Å²) in [5.41, 5.74) is 8.18. The first-order valence-corrected chi connectivity index (χ1v) is 10.7. The Morgan fingerprint density at radius 2 is 1.85 bits per heavy atom. The molecule has 0 aliphatic carbocycles. The second-order valence-electron chi connectivity index (χ2n) is 7.51. The number of halogens is 1. The third kappa shape index (κ3) is 5.18. The second-order valence-corrected chi connectivity index (χ2v) is 7.92. The van der Waals surface area contributed by atoms with Gasteiger partial charge in [0.1, 0.15) is 6.61 Å². The van der Waals surface area contributed by atoms with Crippen LogP contribution >= 0.6 is 11.6 Å². The number of para-hydroxylation sites is 2. The van der Waals surface area contributed by atoms with Gasteiger partial charge in [-0.1, -0.05) is 41.9 Å². The van der Waals surface area contributed by atoms with E-state index in [0.717, 1.165) is 22.5 Å². The molecule has 1 unspecified atom stereocenters. The lowest BCUT2D eigenvalue weighted by atomic mass is 10.1. The fourth-order valence-corrected chi connectivity index (χ4v) is 3.64. The van der Waals surface area contributed by atoms with Crippen LogP contribution in [0.2, 0.25) is 5.02 Å². The highest BCUT2D eigenvalue weighted by molar-refractivity contribution is 6.31. The van der Waals surface area contributed by atoms with Gasteiger partial charge in [-0.2, -0.15) is 5.10 Å². The molecular weight excluding hydrogens is 444 g/mol. The van der Waals surface area contributed by atoms with E-state index in [1.54, 1.807) is 24.3 Å². The maximum Gasteiger partial charge on any atom is 0.283 e. The van der Waals surface area contributed by atoms with Crippen molar-refractivity contribution in [3.63, 3.8) is 0 Å². The normalized spacial score (nSPS) is 14.8. The number of hydrogen-bond acceptors (Lipinski definition) is 5. The van der Waals surface area contributed by atoms with Gasteiger partial charge in [0.25, 0.3) is 11.8 Å². The number of benzene rings is 2. The molecule has 33 heavy (non-hydrogen) atoms. The molecule has 1 aliphatic rings. The first kappa shape index (κ1) is 22.4. The molecule has 0 saturated heterocycles. The number of carbonyl (C=O) groups is 2. The molecule has 0 spiro atoms. The second kappa shape index (κ2) is 9.79. The smallest absolute Gasteiger partial charge is 0.283 e. The molecule has 2 N–H and O–H groups in total. The highest BCUT2D eigenvalue weighted by atomic mass is 35.5. The third-order valence-corrected chi connectivity index (χ3v) is 5.60. The van der Waals surface area contributed by atoms with Crippen LogP contribution in [0.5, 0.6) is 11.5 Å². The predicted molar refractivity (Wildman–Crippen MR) is 124 cm³/mol. The minimum atomic E-state index is -0.864. The maximum atomic E-state index is 12.3. The molecule has 0 fully saturated rings. The number of rotatable bonds is 5. The van der Waals surface area contributed by atoms with Crippen molar-refractivity contribution in [3.05, 3.63) is 82.1 Å². The van der Waals surface area contributed by atoms with Crippen LogP contribution in [0, 0.1) is 13.8 Å². The standard InChI is InChI=1S/C24H23ClN4O4/c1-15-18(16(2)29(28-15)13-17-7-3-4-8-19(17)25)11-12-23(30)26-27-24(31)22-14-32-20-9-5-6-10-21(20)33-22/h3-12,22H,13-14H2,1-2H3,(H,26,30)(H,27,31)/b12-11+. The molecule has 9 heteroatoms. The summed E-state index contributed by atoms with van der Waals surface area (Å²) in [5, 5.41) is 5.23. The minimum absolute atomic E-state index is 0.0531. The molecule has 0 bridgehead atoms. The number of amides is 2. The van der Waals surface area contributed by atoms with Crippen molar-refractivity contribution >= 4 is 29.5 Å². The van der Waals surface area contributed by atoms with Gasteiger partial charge in [-0.15, -0.1) is 0 Å². The third-order valence-electron chi connectivity index (χ3n) is 5.23. The SMILES string of the molecule is Cc1nn(Cc2ccccc2Cl)c(C)c1/C=C/C(=O)NNC(=O)C1COc2ccccc2O1. The molecule has 0 saturated carbocycles. The average molecular weight is 467 g/mol. The van der Waals surface area contributed by atoms with E-state index in [4.69, 9.17) is 21.1 Å². The Kier molecular flexibility index (Phi) is 6.65. The number of nitrogens with zero attached hydrogens (tertiary/aromatic N) is 2. The van der Waals surface area contributed by atoms with Gasteiger partial charge in [-0.05, 0) is 43.7 Å². The van der Waals surface area contributed by atoms with Crippen molar-refractivity contribution in [3.8, 4) is 11.5 Å². The van der Waals surface area contributed by atoms with Crippen LogP contribution in [0.15, 0.2) is 54.6 Å². The van der Waals surface area contributed by atoms with Crippen LogP contribution in [-0.4, -0.2) is 34.3 Å². The molecule has 1 aromatic heterocycles. The fourth-order valence-electron chi connectivity index (χ4n) is 3.45. The first-order chi connectivity index (χ1) is 15.9. The molecular formula is C24H23ClN4O4. The Bertz CT molecular complexity index is 1220. The van der Waals surface area contributed by atoms with Crippen molar-refractivity contribution in [1.82, 2.24) is 20.6 Å². The molecule has 1 atom stereocenters. The van der Waals surface area contributed by atoms with E-state index < -0.39 is 17.9 Å². The molecule has 0 radical (unpaired) electrons. The number of nitrogens with one attached hydrogen (secondary N) is 2. The van der Waals surface area contributed by atoms with Crippen LogP contribution < -0.4 is 20.3 Å². The van der Waals surface area contributed by atoms with Crippen molar-refractivity contribution in [2.45, 2.75) is 26.5 Å². The Balaban J connectivity index is 1.34. The summed E-state index contributed by atoms with van der Waals surface area (Å²) < 4.78 is 13.0. The van der Waals surface area contributed by atoms with Gasteiger partial charge in [0, 0.05) is 22.4 Å². The molecule has 170 valence electrons. The van der Waals surface area contributed by atoms with Gasteiger partial charge in [-0.3, -0.25) is 25.1 Å². The van der Waals surface area contributed by atoms with E-state index in [9.17, 15) is 9.59 Å². The van der Waals surface area contributed by atoms with E-state index in [1.807, 2.05) is 48.9 Å². The molecule has 2 amide bonds. The van der Waals surface area contributed by atoms with Crippen LogP contribution in [0.1, 0.15) is 22.5 Å². The predicted octanol–water partition coefficient (Wildman–Crippen LogP) is 3.20. The number of carbonyl (C=O) groups excluding carboxylic acids is 2. The van der Waals surface area contributed by atoms with Gasteiger partial charge in [0.05, 0.1) is 12.2 Å². The van der Waals surface area contributed by atoms with E-state index >= 15 is 0 Å². The number of hydrazine groups is 1. The quantitative estimate of drug-likeness (QED) is 0.445. The summed E-state index contributed by atoms with van der Waals surface area (Å²) in [6, 6.07) is 14.7. The van der Waals surface area contributed by atoms with Crippen molar-refractivity contribution < 1.29 is 19.1 Å². The summed E-state index contributed by atoms with van der Waals surface area (Å²) in [7, 11) is 0. The molecule has 4 rings (SSSR count). The molecule has 2 aromatic carbocycles. The van der Waals surface area contributed by atoms with Crippen molar-refractivity contribution in [1.29, 1.82) is 0 Å². The zero-order valence-corrected chi connectivity index (χ0v) is 18.9. The Labute approximate surface area is 196 Å². The van der Waals surface area contributed by atoms with Crippen LogP contribution in [0.25, 0.3) is 6.08 Å². The number of aromatic nitrogens is 2.